The van der Waals surface area contributed by atoms with Crippen LogP contribution in [0.15, 0.2) is 17.3 Å². The second-order valence-electron chi connectivity index (χ2n) is 3.83. The monoisotopic (exact) mass is 246 g/mol. The standard InChI is InChI=1S/C9H18N4O2S/c1-3-9(10,4-2)7-13-16(14,15)8-5-11-12-6-8/h5-6,13H,3-4,7,10H2,1-2H3,(H,11,12). The topological polar surface area (TPSA) is 101 Å². The van der Waals surface area contributed by atoms with Crippen LogP contribution in [-0.2, 0) is 10.0 Å². The molecule has 4 N–H and O–H groups in total. The number of nitrogens with zero attached hydrogens (tertiary/aromatic N) is 1. The van der Waals surface area contributed by atoms with Crippen molar-refractivity contribution in [2.75, 3.05) is 6.54 Å². The Balaban J connectivity index is 2.69. The highest BCUT2D eigenvalue weighted by Gasteiger charge is 2.24. The van der Waals surface area contributed by atoms with Crippen LogP contribution >= 0.6 is 0 Å². The van der Waals surface area contributed by atoms with Crippen LogP contribution in [-0.4, -0.2) is 30.7 Å². The summed E-state index contributed by atoms with van der Waals surface area (Å²) >= 11 is 0. The van der Waals surface area contributed by atoms with Crippen LogP contribution < -0.4 is 10.5 Å². The van der Waals surface area contributed by atoms with Crippen molar-refractivity contribution < 1.29 is 8.42 Å². The number of aromatic amines is 1. The normalized spacial score (nSPS) is 12.9. The van der Waals surface area contributed by atoms with Crippen LogP contribution in [0.4, 0.5) is 0 Å². The average molecular weight is 246 g/mol. The molecular weight excluding hydrogens is 228 g/mol. The maximum Gasteiger partial charge on any atom is 0.243 e. The first-order chi connectivity index (χ1) is 7.43. The SMILES string of the molecule is CCC(N)(CC)CNS(=O)(=O)c1cn[nH]c1. The van der Waals surface area contributed by atoms with Gasteiger partial charge in [-0.3, -0.25) is 5.10 Å². The Kier molecular flexibility index (Phi) is 4.06. The average Bonchev–Trinajstić information content (AvgIpc) is 2.80. The smallest absolute Gasteiger partial charge is 0.243 e. The number of nitrogens with one attached hydrogen (secondary N) is 2. The zero-order valence-electron chi connectivity index (χ0n) is 9.53. The molecule has 0 unspecified atom stereocenters. The molecule has 0 spiro atoms. The summed E-state index contributed by atoms with van der Waals surface area (Å²) in [5.74, 6) is 0. The number of H-pyrrole nitrogens is 1. The lowest BCUT2D eigenvalue weighted by Crippen LogP contribution is -2.49. The van der Waals surface area contributed by atoms with Crippen molar-refractivity contribution in [1.82, 2.24) is 14.9 Å². The van der Waals surface area contributed by atoms with Crippen molar-refractivity contribution in [2.24, 2.45) is 5.73 Å². The van der Waals surface area contributed by atoms with Crippen LogP contribution in [0.2, 0.25) is 0 Å². The van der Waals surface area contributed by atoms with E-state index in [1.165, 1.54) is 12.4 Å². The molecule has 0 saturated heterocycles. The summed E-state index contributed by atoms with van der Waals surface area (Å²) in [4.78, 5) is 0.127. The van der Waals surface area contributed by atoms with Crippen molar-refractivity contribution in [3.8, 4) is 0 Å². The lowest BCUT2D eigenvalue weighted by Gasteiger charge is -2.26. The fourth-order valence-corrected chi connectivity index (χ4v) is 2.25. The van der Waals surface area contributed by atoms with E-state index >= 15 is 0 Å². The van der Waals surface area contributed by atoms with Gasteiger partial charge in [-0.1, -0.05) is 13.8 Å². The molecule has 0 atom stereocenters. The molecule has 0 radical (unpaired) electrons. The third-order valence-corrected chi connectivity index (χ3v) is 4.17. The number of rotatable bonds is 6. The van der Waals surface area contributed by atoms with E-state index in [1.807, 2.05) is 13.8 Å². The number of sulfonamides is 1. The molecule has 7 heteroatoms. The third kappa shape index (κ3) is 3.03. The Morgan fingerprint density at radius 1 is 1.50 bits per heavy atom. The van der Waals surface area contributed by atoms with Gasteiger partial charge in [0.05, 0.1) is 6.20 Å². The van der Waals surface area contributed by atoms with Crippen molar-refractivity contribution >= 4 is 10.0 Å². The maximum absolute atomic E-state index is 11.7. The molecule has 0 aliphatic carbocycles. The Morgan fingerprint density at radius 3 is 2.56 bits per heavy atom. The number of aromatic nitrogens is 2. The fourth-order valence-electron chi connectivity index (χ4n) is 1.21. The minimum atomic E-state index is -3.49. The highest BCUT2D eigenvalue weighted by Crippen LogP contribution is 2.11. The molecule has 0 aromatic carbocycles. The highest BCUT2D eigenvalue weighted by molar-refractivity contribution is 7.89. The van der Waals surface area contributed by atoms with Crippen molar-refractivity contribution in [1.29, 1.82) is 0 Å². The predicted octanol–water partition coefficient (Wildman–Crippen LogP) is 0.206. The molecule has 0 saturated carbocycles. The molecule has 6 nitrogen and oxygen atoms in total. The lowest BCUT2D eigenvalue weighted by atomic mass is 9.95. The summed E-state index contributed by atoms with van der Waals surface area (Å²) in [6, 6.07) is 0. The summed E-state index contributed by atoms with van der Waals surface area (Å²) in [6.45, 7) is 4.11. The third-order valence-electron chi connectivity index (χ3n) is 2.81. The lowest BCUT2D eigenvalue weighted by molar-refractivity contribution is 0.392. The molecule has 1 rings (SSSR count). The Hall–Kier alpha value is -0.920. The fraction of sp³-hybridized carbons (Fsp3) is 0.667. The molecule has 16 heavy (non-hydrogen) atoms. The van der Waals surface area contributed by atoms with Gasteiger partial charge in [0.15, 0.2) is 0 Å². The molecule has 0 aliphatic rings. The van der Waals surface area contributed by atoms with E-state index in [2.05, 4.69) is 14.9 Å². The summed E-state index contributed by atoms with van der Waals surface area (Å²) in [5, 5.41) is 6.06. The van der Waals surface area contributed by atoms with E-state index in [4.69, 9.17) is 5.73 Å². The van der Waals surface area contributed by atoms with Crippen LogP contribution in [0.3, 0.4) is 0 Å². The molecule has 1 aromatic heterocycles. The van der Waals surface area contributed by atoms with Gasteiger partial charge in [-0.25, -0.2) is 13.1 Å². The van der Waals surface area contributed by atoms with Crippen LogP contribution in [0.5, 0.6) is 0 Å². The van der Waals surface area contributed by atoms with E-state index in [0.717, 1.165) is 12.8 Å². The first kappa shape index (κ1) is 13.1. The van der Waals surface area contributed by atoms with E-state index in [1.54, 1.807) is 0 Å². The van der Waals surface area contributed by atoms with E-state index in [0.29, 0.717) is 0 Å². The Labute approximate surface area is 95.7 Å². The summed E-state index contributed by atoms with van der Waals surface area (Å²) in [6.07, 6.45) is 4.03. The van der Waals surface area contributed by atoms with Gasteiger partial charge < -0.3 is 5.73 Å². The van der Waals surface area contributed by atoms with Gasteiger partial charge in [0.2, 0.25) is 10.0 Å². The minimum Gasteiger partial charge on any atom is -0.324 e. The molecule has 0 fully saturated rings. The predicted molar refractivity (Wildman–Crippen MR) is 61.3 cm³/mol. The van der Waals surface area contributed by atoms with Gasteiger partial charge in [-0.15, -0.1) is 0 Å². The second kappa shape index (κ2) is 4.94. The highest BCUT2D eigenvalue weighted by atomic mass is 32.2. The molecule has 92 valence electrons. The molecular formula is C9H18N4O2S. The van der Waals surface area contributed by atoms with Gasteiger partial charge in [-0.2, -0.15) is 5.10 Å². The molecule has 1 heterocycles. The van der Waals surface area contributed by atoms with Gasteiger partial charge >= 0.3 is 0 Å². The minimum absolute atomic E-state index is 0.127. The molecule has 0 bridgehead atoms. The van der Waals surface area contributed by atoms with Crippen molar-refractivity contribution in [2.45, 2.75) is 37.1 Å². The maximum atomic E-state index is 11.7. The molecule has 0 aliphatic heterocycles. The number of nitrogens with two attached hydrogens (primary N) is 1. The van der Waals surface area contributed by atoms with Gasteiger partial charge in [-0.05, 0) is 12.8 Å². The van der Waals surface area contributed by atoms with Gasteiger partial charge in [0, 0.05) is 18.3 Å². The van der Waals surface area contributed by atoms with Crippen LogP contribution in [0.1, 0.15) is 26.7 Å². The van der Waals surface area contributed by atoms with E-state index < -0.39 is 15.6 Å². The quantitative estimate of drug-likeness (QED) is 0.667. The van der Waals surface area contributed by atoms with Crippen LogP contribution in [0.25, 0.3) is 0 Å². The largest absolute Gasteiger partial charge is 0.324 e. The van der Waals surface area contributed by atoms with E-state index in [9.17, 15) is 8.42 Å². The second-order valence-corrected chi connectivity index (χ2v) is 5.59. The molecule has 1 aromatic rings. The van der Waals surface area contributed by atoms with Crippen LogP contribution in [0, 0.1) is 0 Å². The van der Waals surface area contributed by atoms with Gasteiger partial charge in [0.25, 0.3) is 0 Å². The first-order valence-electron chi connectivity index (χ1n) is 5.21. The zero-order chi connectivity index (χ0) is 12.2. The Morgan fingerprint density at radius 2 is 2.12 bits per heavy atom. The summed E-state index contributed by atoms with van der Waals surface area (Å²) in [7, 11) is -3.49. The first-order valence-corrected chi connectivity index (χ1v) is 6.69. The zero-order valence-corrected chi connectivity index (χ0v) is 10.3. The van der Waals surface area contributed by atoms with Crippen molar-refractivity contribution in [3.63, 3.8) is 0 Å². The van der Waals surface area contributed by atoms with Crippen molar-refractivity contribution in [3.05, 3.63) is 12.4 Å². The van der Waals surface area contributed by atoms with Gasteiger partial charge in [0.1, 0.15) is 4.90 Å². The number of hydrogen-bond donors (Lipinski definition) is 3. The number of hydrogen-bond acceptors (Lipinski definition) is 4. The Bertz CT molecular complexity index is 409. The summed E-state index contributed by atoms with van der Waals surface area (Å²) < 4.78 is 26.0. The van der Waals surface area contributed by atoms with E-state index in [-0.39, 0.29) is 11.4 Å². The summed E-state index contributed by atoms with van der Waals surface area (Å²) in [5.41, 5.74) is 5.52. The molecule has 0 amide bonds.